The topological polar surface area (TPSA) is 86.7 Å². The standard InChI is InChI=1S/C20H24N2O6S/c1-6-28-19(24)16-11(2)21-20-22(15(23)7-8-29-20)17(16)12-9-13(25-3)18(27-5)14(10-12)26-4/h9-10,17H,6-8H2,1-5H3/t17-/m1/s1. The van der Waals surface area contributed by atoms with Gasteiger partial charge in [0.15, 0.2) is 16.7 Å². The second kappa shape index (κ2) is 8.77. The number of amidine groups is 1. The van der Waals surface area contributed by atoms with E-state index >= 15 is 0 Å². The maximum Gasteiger partial charge on any atom is 0.338 e. The van der Waals surface area contributed by atoms with Crippen LogP contribution in [0.5, 0.6) is 17.2 Å². The summed E-state index contributed by atoms with van der Waals surface area (Å²) >= 11 is 1.49. The van der Waals surface area contributed by atoms with Crippen molar-refractivity contribution in [3.05, 3.63) is 29.0 Å². The molecule has 0 N–H and O–H groups in total. The Labute approximate surface area is 173 Å². The number of aliphatic imine (C=N–C) groups is 1. The van der Waals surface area contributed by atoms with Crippen molar-refractivity contribution in [2.45, 2.75) is 26.3 Å². The van der Waals surface area contributed by atoms with Gasteiger partial charge in [-0.2, -0.15) is 0 Å². The lowest BCUT2D eigenvalue weighted by molar-refractivity contribution is -0.139. The number of carbonyl (C=O) groups is 2. The maximum atomic E-state index is 12.8. The molecule has 0 aliphatic carbocycles. The van der Waals surface area contributed by atoms with Crippen LogP contribution in [0, 0.1) is 0 Å². The number of methoxy groups -OCH3 is 3. The first-order valence-corrected chi connectivity index (χ1v) is 10.2. The monoisotopic (exact) mass is 420 g/mol. The molecule has 0 unspecified atom stereocenters. The van der Waals surface area contributed by atoms with Crippen molar-refractivity contribution in [3.63, 3.8) is 0 Å². The fourth-order valence-corrected chi connectivity index (χ4v) is 4.45. The number of nitrogens with zero attached hydrogens (tertiary/aromatic N) is 2. The van der Waals surface area contributed by atoms with Crippen molar-refractivity contribution in [2.75, 3.05) is 33.7 Å². The molecule has 0 saturated carbocycles. The molecule has 2 heterocycles. The lowest BCUT2D eigenvalue weighted by atomic mass is 9.93. The number of thioether (sulfide) groups is 1. The summed E-state index contributed by atoms with van der Waals surface area (Å²) in [7, 11) is 4.55. The van der Waals surface area contributed by atoms with E-state index < -0.39 is 12.0 Å². The van der Waals surface area contributed by atoms with Crippen LogP contribution in [-0.4, -0.2) is 55.6 Å². The number of hydrogen-bond acceptors (Lipinski definition) is 8. The van der Waals surface area contributed by atoms with Gasteiger partial charge in [0.25, 0.3) is 0 Å². The van der Waals surface area contributed by atoms with Crippen molar-refractivity contribution in [1.29, 1.82) is 0 Å². The second-order valence-corrected chi connectivity index (χ2v) is 7.40. The van der Waals surface area contributed by atoms with Gasteiger partial charge in [-0.25, -0.2) is 9.79 Å². The van der Waals surface area contributed by atoms with E-state index in [2.05, 4.69) is 4.99 Å². The lowest BCUT2D eigenvalue weighted by Crippen LogP contribution is -2.45. The molecule has 0 aromatic heterocycles. The van der Waals surface area contributed by atoms with E-state index in [1.807, 2.05) is 0 Å². The molecule has 2 aliphatic heterocycles. The van der Waals surface area contributed by atoms with Crippen LogP contribution in [0.2, 0.25) is 0 Å². The molecule has 9 heteroatoms. The average Bonchev–Trinajstić information content (AvgIpc) is 2.71. The zero-order valence-corrected chi connectivity index (χ0v) is 17.9. The number of carbonyl (C=O) groups excluding carboxylic acids is 2. The van der Waals surface area contributed by atoms with Gasteiger partial charge < -0.3 is 18.9 Å². The molecule has 1 saturated heterocycles. The van der Waals surface area contributed by atoms with Crippen molar-refractivity contribution in [2.24, 2.45) is 4.99 Å². The van der Waals surface area contributed by atoms with Crippen LogP contribution in [0.1, 0.15) is 31.9 Å². The third-order valence-corrected chi connectivity index (χ3v) is 5.66. The fraction of sp³-hybridized carbons (Fsp3) is 0.450. The third kappa shape index (κ3) is 3.78. The highest BCUT2D eigenvalue weighted by Crippen LogP contribution is 2.45. The Bertz CT molecular complexity index is 870. The maximum absolute atomic E-state index is 12.8. The summed E-state index contributed by atoms with van der Waals surface area (Å²) in [5.41, 5.74) is 1.49. The zero-order chi connectivity index (χ0) is 21.1. The fourth-order valence-electron chi connectivity index (χ4n) is 3.44. The van der Waals surface area contributed by atoms with E-state index in [9.17, 15) is 9.59 Å². The summed E-state index contributed by atoms with van der Waals surface area (Å²) in [5.74, 6) is 1.34. The van der Waals surface area contributed by atoms with E-state index in [-0.39, 0.29) is 12.5 Å². The van der Waals surface area contributed by atoms with Gasteiger partial charge >= 0.3 is 5.97 Å². The van der Waals surface area contributed by atoms with Gasteiger partial charge in [-0.15, -0.1) is 0 Å². The smallest absolute Gasteiger partial charge is 0.338 e. The molecule has 2 aliphatic rings. The average molecular weight is 420 g/mol. The predicted octanol–water partition coefficient (Wildman–Crippen LogP) is 2.93. The van der Waals surface area contributed by atoms with Crippen LogP contribution in [0.4, 0.5) is 0 Å². The normalized spacial score (nSPS) is 18.8. The van der Waals surface area contributed by atoms with Crippen molar-refractivity contribution in [3.8, 4) is 17.2 Å². The second-order valence-electron chi connectivity index (χ2n) is 6.34. The Morgan fingerprint density at radius 1 is 1.21 bits per heavy atom. The Morgan fingerprint density at radius 3 is 2.41 bits per heavy atom. The van der Waals surface area contributed by atoms with Crippen molar-refractivity contribution in [1.82, 2.24) is 4.90 Å². The van der Waals surface area contributed by atoms with Crippen LogP contribution < -0.4 is 14.2 Å². The minimum Gasteiger partial charge on any atom is -0.493 e. The van der Waals surface area contributed by atoms with Crippen LogP contribution in [0.25, 0.3) is 0 Å². The van der Waals surface area contributed by atoms with Gasteiger partial charge in [0, 0.05) is 12.2 Å². The molecule has 0 spiro atoms. The molecule has 1 aromatic rings. The summed E-state index contributed by atoms with van der Waals surface area (Å²) in [6, 6.07) is 2.79. The van der Waals surface area contributed by atoms with E-state index in [0.717, 1.165) is 0 Å². The Hall–Kier alpha value is -2.68. The number of allylic oxidation sites excluding steroid dienone is 1. The third-order valence-electron chi connectivity index (χ3n) is 4.70. The van der Waals surface area contributed by atoms with Gasteiger partial charge in [0.05, 0.1) is 45.2 Å². The molecule has 0 radical (unpaired) electrons. The quantitative estimate of drug-likeness (QED) is 0.654. The Morgan fingerprint density at radius 2 is 1.86 bits per heavy atom. The zero-order valence-electron chi connectivity index (χ0n) is 17.1. The van der Waals surface area contributed by atoms with Gasteiger partial charge in [-0.05, 0) is 31.5 Å². The van der Waals surface area contributed by atoms with Gasteiger partial charge in [0.2, 0.25) is 11.7 Å². The molecular formula is C20H24N2O6S. The number of amides is 1. The molecule has 0 bridgehead atoms. The number of esters is 1. The molecule has 156 valence electrons. The Balaban J connectivity index is 2.23. The number of fused-ring (bicyclic) bond motifs is 1. The molecule has 29 heavy (non-hydrogen) atoms. The molecule has 1 aromatic carbocycles. The first kappa shape index (κ1) is 21.0. The van der Waals surface area contributed by atoms with Gasteiger partial charge in [-0.3, -0.25) is 9.69 Å². The van der Waals surface area contributed by atoms with Crippen molar-refractivity contribution >= 4 is 28.8 Å². The van der Waals surface area contributed by atoms with Crippen molar-refractivity contribution < 1.29 is 28.5 Å². The minimum atomic E-state index is -0.699. The van der Waals surface area contributed by atoms with E-state index in [4.69, 9.17) is 18.9 Å². The van der Waals surface area contributed by atoms with Crippen LogP contribution in [0.15, 0.2) is 28.4 Å². The van der Waals surface area contributed by atoms with Crippen LogP contribution in [0.3, 0.4) is 0 Å². The van der Waals surface area contributed by atoms with E-state index in [1.165, 1.54) is 33.1 Å². The van der Waals surface area contributed by atoms with Gasteiger partial charge in [-0.1, -0.05) is 11.8 Å². The summed E-state index contributed by atoms with van der Waals surface area (Å²) in [6.07, 6.45) is 0.361. The molecule has 1 atom stereocenters. The SMILES string of the molecule is CCOC(=O)C1=C(C)N=C2SCCC(=O)N2[C@@H]1c1cc(OC)c(OC)c(OC)c1. The highest BCUT2D eigenvalue weighted by molar-refractivity contribution is 8.14. The minimum absolute atomic E-state index is 0.101. The summed E-state index contributed by atoms with van der Waals surface area (Å²) in [5, 5.41) is 0.575. The summed E-state index contributed by atoms with van der Waals surface area (Å²) in [6.45, 7) is 3.71. The van der Waals surface area contributed by atoms with Crippen LogP contribution in [-0.2, 0) is 14.3 Å². The number of ether oxygens (including phenoxy) is 4. The van der Waals surface area contributed by atoms with E-state index in [1.54, 1.807) is 30.9 Å². The lowest BCUT2D eigenvalue weighted by Gasteiger charge is -2.39. The largest absolute Gasteiger partial charge is 0.493 e. The molecule has 1 fully saturated rings. The number of benzene rings is 1. The number of rotatable bonds is 6. The Kier molecular flexibility index (Phi) is 6.36. The molecule has 8 nitrogen and oxygen atoms in total. The number of hydrogen-bond donors (Lipinski definition) is 0. The summed E-state index contributed by atoms with van der Waals surface area (Å²) in [4.78, 5) is 31.7. The van der Waals surface area contributed by atoms with E-state index in [0.29, 0.717) is 51.4 Å². The molecule has 1 amide bonds. The highest BCUT2D eigenvalue weighted by atomic mass is 32.2. The predicted molar refractivity (Wildman–Crippen MR) is 110 cm³/mol. The first-order chi connectivity index (χ1) is 14.0. The summed E-state index contributed by atoms with van der Waals surface area (Å²) < 4.78 is 21.6. The molecule has 3 rings (SSSR count). The highest BCUT2D eigenvalue weighted by Gasteiger charge is 2.42. The van der Waals surface area contributed by atoms with Gasteiger partial charge in [0.1, 0.15) is 0 Å². The first-order valence-electron chi connectivity index (χ1n) is 9.18. The molecular weight excluding hydrogens is 396 g/mol. The van der Waals surface area contributed by atoms with Crippen LogP contribution >= 0.6 is 11.8 Å².